The quantitative estimate of drug-likeness (QED) is 0.881. The third kappa shape index (κ3) is 3.24. The van der Waals surface area contributed by atoms with E-state index in [0.717, 1.165) is 42.8 Å². The first-order valence-corrected chi connectivity index (χ1v) is 8.36. The molecule has 1 aliphatic rings. The van der Waals surface area contributed by atoms with Gasteiger partial charge in [-0.15, -0.1) is 0 Å². The molecule has 1 saturated heterocycles. The van der Waals surface area contributed by atoms with Crippen molar-refractivity contribution in [3.8, 4) is 0 Å². The molecule has 0 aliphatic carbocycles. The number of piperidine rings is 1. The fourth-order valence-electron chi connectivity index (χ4n) is 3.60. The molecule has 5 heteroatoms. The van der Waals surface area contributed by atoms with Crippen molar-refractivity contribution in [2.24, 2.45) is 11.8 Å². The van der Waals surface area contributed by atoms with Gasteiger partial charge in [-0.2, -0.15) is 0 Å². The Kier molecular flexibility index (Phi) is 4.66. The molecule has 1 N–H and O–H groups in total. The van der Waals surface area contributed by atoms with Gasteiger partial charge in [0.25, 0.3) is 0 Å². The van der Waals surface area contributed by atoms with Crippen LogP contribution in [0.1, 0.15) is 38.6 Å². The molecule has 1 unspecified atom stereocenters. The molecule has 0 spiro atoms. The van der Waals surface area contributed by atoms with Crippen LogP contribution >= 0.6 is 0 Å². The Balaban J connectivity index is 1.78. The van der Waals surface area contributed by atoms with Gasteiger partial charge in [-0.1, -0.05) is 26.0 Å². The van der Waals surface area contributed by atoms with Gasteiger partial charge in [-0.25, -0.2) is 4.98 Å². The van der Waals surface area contributed by atoms with Crippen molar-refractivity contribution in [3.63, 3.8) is 0 Å². The Labute approximate surface area is 137 Å². The molecule has 2 aromatic rings. The van der Waals surface area contributed by atoms with Crippen molar-refractivity contribution in [2.75, 3.05) is 20.2 Å². The molecule has 5 nitrogen and oxygen atoms in total. The molecule has 124 valence electrons. The Hall–Kier alpha value is -1.88. The van der Waals surface area contributed by atoms with Crippen LogP contribution < -0.4 is 0 Å². The largest absolute Gasteiger partial charge is 0.469 e. The summed E-state index contributed by atoms with van der Waals surface area (Å²) in [5, 5.41) is 0. The highest BCUT2D eigenvalue weighted by Gasteiger charge is 2.32. The number of carbonyl (C=O) groups is 1. The number of aromatic amines is 1. The zero-order valence-electron chi connectivity index (χ0n) is 14.1. The zero-order chi connectivity index (χ0) is 16.4. The Bertz CT molecular complexity index is 639. The van der Waals surface area contributed by atoms with E-state index < -0.39 is 0 Å². The van der Waals surface area contributed by atoms with E-state index in [2.05, 4.69) is 29.8 Å². The first-order chi connectivity index (χ1) is 11.1. The number of para-hydroxylation sites is 2. The Morgan fingerprint density at radius 2 is 2.00 bits per heavy atom. The maximum absolute atomic E-state index is 11.7. The number of fused-ring (bicyclic) bond motifs is 1. The highest BCUT2D eigenvalue weighted by Crippen LogP contribution is 2.32. The molecule has 1 fully saturated rings. The molecule has 1 aliphatic heterocycles. The molecule has 1 aromatic carbocycles. The zero-order valence-corrected chi connectivity index (χ0v) is 14.1. The molecule has 0 radical (unpaired) electrons. The molecule has 0 saturated carbocycles. The first kappa shape index (κ1) is 16.0. The highest BCUT2D eigenvalue weighted by molar-refractivity contribution is 5.75. The van der Waals surface area contributed by atoms with Gasteiger partial charge in [-0.3, -0.25) is 9.69 Å². The van der Waals surface area contributed by atoms with E-state index >= 15 is 0 Å². The van der Waals surface area contributed by atoms with Gasteiger partial charge in [0.2, 0.25) is 0 Å². The van der Waals surface area contributed by atoms with Gasteiger partial charge in [0.05, 0.1) is 30.1 Å². The third-order valence-corrected chi connectivity index (χ3v) is 4.78. The number of nitrogens with zero attached hydrogens (tertiary/aromatic N) is 2. The van der Waals surface area contributed by atoms with Gasteiger partial charge in [0, 0.05) is 0 Å². The van der Waals surface area contributed by atoms with Crippen molar-refractivity contribution in [1.29, 1.82) is 0 Å². The summed E-state index contributed by atoms with van der Waals surface area (Å²) in [5.74, 6) is 1.44. The second-order valence-corrected chi connectivity index (χ2v) is 6.66. The lowest BCUT2D eigenvalue weighted by Crippen LogP contribution is -2.41. The third-order valence-electron chi connectivity index (χ3n) is 4.78. The lowest BCUT2D eigenvalue weighted by molar-refractivity contribution is -0.147. The minimum atomic E-state index is -0.0746. The van der Waals surface area contributed by atoms with Gasteiger partial charge in [0.1, 0.15) is 5.82 Å². The average molecular weight is 315 g/mol. The second kappa shape index (κ2) is 6.71. The van der Waals surface area contributed by atoms with Crippen LogP contribution in [-0.2, 0) is 9.53 Å². The van der Waals surface area contributed by atoms with Crippen LogP contribution in [0.25, 0.3) is 11.0 Å². The van der Waals surface area contributed by atoms with Crippen molar-refractivity contribution in [1.82, 2.24) is 14.9 Å². The van der Waals surface area contributed by atoms with Crippen LogP contribution in [0, 0.1) is 11.8 Å². The van der Waals surface area contributed by atoms with Gasteiger partial charge < -0.3 is 9.72 Å². The number of ether oxygens (including phenoxy) is 1. The molecule has 1 atom stereocenters. The normalized spacial score (nSPS) is 18.4. The van der Waals surface area contributed by atoms with Crippen LogP contribution in [0.2, 0.25) is 0 Å². The van der Waals surface area contributed by atoms with Crippen molar-refractivity contribution < 1.29 is 9.53 Å². The predicted octanol–water partition coefficient (Wildman–Crippen LogP) is 3.15. The topological polar surface area (TPSA) is 58.2 Å². The van der Waals surface area contributed by atoms with Gasteiger partial charge in [-0.05, 0) is 44.0 Å². The number of benzene rings is 1. The first-order valence-electron chi connectivity index (χ1n) is 8.36. The van der Waals surface area contributed by atoms with Crippen molar-refractivity contribution in [2.45, 2.75) is 32.7 Å². The molecule has 0 bridgehead atoms. The summed E-state index contributed by atoms with van der Waals surface area (Å²) < 4.78 is 4.88. The van der Waals surface area contributed by atoms with Crippen LogP contribution in [0.15, 0.2) is 24.3 Å². The number of rotatable bonds is 4. The molecule has 2 heterocycles. The van der Waals surface area contributed by atoms with E-state index in [1.807, 2.05) is 18.2 Å². The number of methoxy groups -OCH3 is 1. The van der Waals surface area contributed by atoms with Crippen molar-refractivity contribution >= 4 is 17.0 Å². The number of hydrogen-bond acceptors (Lipinski definition) is 4. The predicted molar refractivity (Wildman–Crippen MR) is 90.0 cm³/mol. The Morgan fingerprint density at radius 3 is 2.61 bits per heavy atom. The number of imidazole rings is 1. The molecular formula is C18H25N3O2. The summed E-state index contributed by atoms with van der Waals surface area (Å²) in [7, 11) is 1.47. The van der Waals surface area contributed by atoms with Crippen LogP contribution in [0.5, 0.6) is 0 Å². The smallest absolute Gasteiger partial charge is 0.308 e. The second-order valence-electron chi connectivity index (χ2n) is 6.66. The minimum absolute atomic E-state index is 0.0414. The summed E-state index contributed by atoms with van der Waals surface area (Å²) in [5.41, 5.74) is 2.09. The number of carbonyl (C=O) groups excluding carboxylic acids is 1. The Morgan fingerprint density at radius 1 is 1.30 bits per heavy atom. The average Bonchev–Trinajstić information content (AvgIpc) is 2.98. The summed E-state index contributed by atoms with van der Waals surface area (Å²) in [6.07, 6.45) is 1.71. The van der Waals surface area contributed by atoms with Crippen LogP contribution in [0.3, 0.4) is 0 Å². The van der Waals surface area contributed by atoms with Gasteiger partial charge in [0.15, 0.2) is 0 Å². The van der Waals surface area contributed by atoms with E-state index in [-0.39, 0.29) is 17.9 Å². The van der Waals surface area contributed by atoms with Crippen LogP contribution in [0.4, 0.5) is 0 Å². The maximum atomic E-state index is 11.7. The fourth-order valence-corrected chi connectivity index (χ4v) is 3.60. The monoisotopic (exact) mass is 315 g/mol. The minimum Gasteiger partial charge on any atom is -0.469 e. The standard InChI is InChI=1S/C18H25N3O2/c1-12(2)16(17-19-14-6-4-5-7-15(14)20-17)21-10-8-13(9-11-21)18(22)23-3/h4-7,12-13,16H,8-11H2,1-3H3,(H,19,20). The highest BCUT2D eigenvalue weighted by atomic mass is 16.5. The summed E-state index contributed by atoms with van der Waals surface area (Å²) in [6.45, 7) is 6.26. The number of esters is 1. The van der Waals surface area contributed by atoms with E-state index in [9.17, 15) is 4.79 Å². The number of H-pyrrole nitrogens is 1. The maximum Gasteiger partial charge on any atom is 0.308 e. The SMILES string of the molecule is COC(=O)C1CCN(C(c2nc3ccccc3[nH]2)C(C)C)CC1. The molecule has 3 rings (SSSR count). The number of aromatic nitrogens is 2. The van der Waals surface area contributed by atoms with E-state index in [4.69, 9.17) is 9.72 Å². The molecular weight excluding hydrogens is 290 g/mol. The lowest BCUT2D eigenvalue weighted by atomic mass is 9.93. The van der Waals surface area contributed by atoms with Crippen molar-refractivity contribution in [3.05, 3.63) is 30.1 Å². The molecule has 1 aromatic heterocycles. The lowest BCUT2D eigenvalue weighted by Gasteiger charge is -2.37. The van der Waals surface area contributed by atoms with E-state index in [1.165, 1.54) is 7.11 Å². The van der Waals surface area contributed by atoms with Gasteiger partial charge >= 0.3 is 5.97 Å². The molecule has 0 amide bonds. The summed E-state index contributed by atoms with van der Waals surface area (Å²) in [6, 6.07) is 8.39. The summed E-state index contributed by atoms with van der Waals surface area (Å²) in [4.78, 5) is 22.4. The number of nitrogens with one attached hydrogen (secondary N) is 1. The van der Waals surface area contributed by atoms with E-state index in [0.29, 0.717) is 5.92 Å². The van der Waals surface area contributed by atoms with Crippen LogP contribution in [-0.4, -0.2) is 41.0 Å². The fraction of sp³-hybridized carbons (Fsp3) is 0.556. The van der Waals surface area contributed by atoms with E-state index in [1.54, 1.807) is 0 Å². The number of hydrogen-bond donors (Lipinski definition) is 1. The summed E-state index contributed by atoms with van der Waals surface area (Å²) >= 11 is 0. The number of likely N-dealkylation sites (tertiary alicyclic amines) is 1. The molecule has 23 heavy (non-hydrogen) atoms.